The number of nitrogens with one attached hydrogen (secondary N) is 1. The second-order valence-corrected chi connectivity index (χ2v) is 5.43. The van der Waals surface area contributed by atoms with E-state index in [1.54, 1.807) is 12.1 Å². The summed E-state index contributed by atoms with van der Waals surface area (Å²) in [5.41, 5.74) is 2.11. The van der Waals surface area contributed by atoms with Gasteiger partial charge in [-0.1, -0.05) is 39.7 Å². The molecule has 0 radical (unpaired) electrons. The highest BCUT2D eigenvalue weighted by molar-refractivity contribution is 5.26. The first kappa shape index (κ1) is 16.2. The zero-order valence-electron chi connectivity index (χ0n) is 12.8. The molecule has 1 aromatic carbocycles. The number of rotatable bonds is 8. The van der Waals surface area contributed by atoms with Gasteiger partial charge in [-0.3, -0.25) is 0 Å². The van der Waals surface area contributed by atoms with Crippen molar-refractivity contribution in [2.45, 2.75) is 59.4 Å². The number of halogens is 1. The Labute approximate surface area is 117 Å². The molecule has 1 unspecified atom stereocenters. The summed E-state index contributed by atoms with van der Waals surface area (Å²) < 4.78 is 13.6. The van der Waals surface area contributed by atoms with Gasteiger partial charge in [0.05, 0.1) is 0 Å². The van der Waals surface area contributed by atoms with Crippen LogP contribution in [-0.2, 0) is 0 Å². The van der Waals surface area contributed by atoms with Crippen LogP contribution in [0.15, 0.2) is 18.2 Å². The molecule has 2 heteroatoms. The maximum atomic E-state index is 13.6. The van der Waals surface area contributed by atoms with E-state index in [1.807, 2.05) is 6.92 Å². The van der Waals surface area contributed by atoms with Crippen molar-refractivity contribution < 1.29 is 4.39 Å². The first-order valence-corrected chi connectivity index (χ1v) is 7.62. The van der Waals surface area contributed by atoms with E-state index >= 15 is 0 Å². The van der Waals surface area contributed by atoms with Crippen LogP contribution in [0.1, 0.15) is 63.6 Å². The van der Waals surface area contributed by atoms with Crippen molar-refractivity contribution in [1.82, 2.24) is 5.32 Å². The van der Waals surface area contributed by atoms with Crippen molar-refractivity contribution in [1.29, 1.82) is 0 Å². The highest BCUT2D eigenvalue weighted by Gasteiger charge is 2.21. The van der Waals surface area contributed by atoms with Crippen molar-refractivity contribution in [3.05, 3.63) is 35.1 Å². The molecule has 1 aromatic rings. The first-order valence-electron chi connectivity index (χ1n) is 7.62. The second kappa shape index (κ2) is 8.31. The van der Waals surface area contributed by atoms with Gasteiger partial charge in [0.2, 0.25) is 0 Å². The SMILES string of the molecule is CCCC(CCC)C(NCC)c1cc(C)cc(F)c1. The van der Waals surface area contributed by atoms with E-state index in [2.05, 4.69) is 32.2 Å². The van der Waals surface area contributed by atoms with E-state index in [1.165, 1.54) is 25.7 Å². The normalized spacial score (nSPS) is 12.9. The standard InChI is InChI=1S/C17H28FN/c1-5-8-14(9-6-2)17(19-7-3)15-10-13(4)11-16(18)12-15/h10-12,14,17,19H,5-9H2,1-4H3. The number of hydrogen-bond acceptors (Lipinski definition) is 1. The molecule has 108 valence electrons. The van der Waals surface area contributed by atoms with Gasteiger partial charge in [0, 0.05) is 6.04 Å². The summed E-state index contributed by atoms with van der Waals surface area (Å²) in [5, 5.41) is 3.56. The van der Waals surface area contributed by atoms with Gasteiger partial charge < -0.3 is 5.32 Å². The number of aryl methyl sites for hydroxylation is 1. The quantitative estimate of drug-likeness (QED) is 0.697. The van der Waals surface area contributed by atoms with Crippen LogP contribution < -0.4 is 5.32 Å². The molecule has 0 amide bonds. The van der Waals surface area contributed by atoms with Crippen LogP contribution >= 0.6 is 0 Å². The van der Waals surface area contributed by atoms with Crippen molar-refractivity contribution in [3.63, 3.8) is 0 Å². The molecule has 0 heterocycles. The summed E-state index contributed by atoms with van der Waals surface area (Å²) in [5.74, 6) is 0.473. The lowest BCUT2D eigenvalue weighted by Crippen LogP contribution is -2.28. The van der Waals surface area contributed by atoms with Crippen LogP contribution in [0.25, 0.3) is 0 Å². The fraction of sp³-hybridized carbons (Fsp3) is 0.647. The lowest BCUT2D eigenvalue weighted by Gasteiger charge is -2.28. The molecule has 0 fully saturated rings. The second-order valence-electron chi connectivity index (χ2n) is 5.43. The third-order valence-corrected chi connectivity index (χ3v) is 3.64. The summed E-state index contributed by atoms with van der Waals surface area (Å²) >= 11 is 0. The van der Waals surface area contributed by atoms with Crippen LogP contribution in [0.2, 0.25) is 0 Å². The van der Waals surface area contributed by atoms with E-state index < -0.39 is 0 Å². The third-order valence-electron chi connectivity index (χ3n) is 3.64. The Bertz CT molecular complexity index is 349. The molecule has 1 rings (SSSR count). The molecule has 0 spiro atoms. The Morgan fingerprint density at radius 2 is 1.68 bits per heavy atom. The van der Waals surface area contributed by atoms with Crippen LogP contribution in [0.4, 0.5) is 4.39 Å². The molecule has 0 saturated heterocycles. The van der Waals surface area contributed by atoms with Gasteiger partial charge in [0.1, 0.15) is 5.82 Å². The Kier molecular flexibility index (Phi) is 7.07. The van der Waals surface area contributed by atoms with Crippen LogP contribution in [0.3, 0.4) is 0 Å². The average molecular weight is 265 g/mol. The van der Waals surface area contributed by atoms with E-state index in [0.29, 0.717) is 5.92 Å². The molecule has 0 aliphatic carbocycles. The molecule has 1 nitrogen and oxygen atoms in total. The van der Waals surface area contributed by atoms with Crippen molar-refractivity contribution in [2.24, 2.45) is 5.92 Å². The van der Waals surface area contributed by atoms with E-state index in [0.717, 1.165) is 17.7 Å². The van der Waals surface area contributed by atoms with Crippen LogP contribution in [0, 0.1) is 18.7 Å². The summed E-state index contributed by atoms with van der Waals surface area (Å²) in [4.78, 5) is 0. The molecular weight excluding hydrogens is 237 g/mol. The van der Waals surface area contributed by atoms with E-state index in [9.17, 15) is 4.39 Å². The zero-order chi connectivity index (χ0) is 14.3. The largest absolute Gasteiger partial charge is 0.310 e. The fourth-order valence-corrected chi connectivity index (χ4v) is 2.94. The minimum atomic E-state index is -0.121. The maximum Gasteiger partial charge on any atom is 0.123 e. The van der Waals surface area contributed by atoms with Crippen LogP contribution in [0.5, 0.6) is 0 Å². The van der Waals surface area contributed by atoms with Crippen molar-refractivity contribution >= 4 is 0 Å². The maximum absolute atomic E-state index is 13.6. The third kappa shape index (κ3) is 4.94. The fourth-order valence-electron chi connectivity index (χ4n) is 2.94. The molecule has 19 heavy (non-hydrogen) atoms. The summed E-state index contributed by atoms with van der Waals surface area (Å²) in [7, 11) is 0. The zero-order valence-corrected chi connectivity index (χ0v) is 12.8. The molecule has 1 atom stereocenters. The smallest absolute Gasteiger partial charge is 0.123 e. The number of hydrogen-bond donors (Lipinski definition) is 1. The molecule has 0 aliphatic heterocycles. The first-order chi connectivity index (χ1) is 9.12. The molecule has 0 bridgehead atoms. The van der Waals surface area contributed by atoms with Gasteiger partial charge in [0.25, 0.3) is 0 Å². The summed E-state index contributed by atoms with van der Waals surface area (Å²) in [6, 6.07) is 5.69. The molecule has 0 aromatic heterocycles. The van der Waals surface area contributed by atoms with Gasteiger partial charge in [-0.15, -0.1) is 0 Å². The van der Waals surface area contributed by atoms with Gasteiger partial charge in [-0.05, 0) is 55.5 Å². The van der Waals surface area contributed by atoms with Gasteiger partial charge >= 0.3 is 0 Å². The summed E-state index contributed by atoms with van der Waals surface area (Å²) in [6.07, 6.45) is 4.75. The minimum Gasteiger partial charge on any atom is -0.310 e. The Hall–Kier alpha value is -0.890. The Balaban J connectivity index is 3.01. The molecule has 1 N–H and O–H groups in total. The van der Waals surface area contributed by atoms with Crippen molar-refractivity contribution in [2.75, 3.05) is 6.54 Å². The molecule has 0 saturated carbocycles. The average Bonchev–Trinajstić information content (AvgIpc) is 2.34. The summed E-state index contributed by atoms with van der Waals surface area (Å²) in [6.45, 7) is 9.45. The monoisotopic (exact) mass is 265 g/mol. The predicted molar refractivity (Wildman–Crippen MR) is 80.9 cm³/mol. The van der Waals surface area contributed by atoms with E-state index in [4.69, 9.17) is 0 Å². The minimum absolute atomic E-state index is 0.121. The van der Waals surface area contributed by atoms with E-state index in [-0.39, 0.29) is 11.9 Å². The topological polar surface area (TPSA) is 12.0 Å². The lowest BCUT2D eigenvalue weighted by molar-refractivity contribution is 0.319. The highest BCUT2D eigenvalue weighted by atomic mass is 19.1. The van der Waals surface area contributed by atoms with Gasteiger partial charge in [-0.2, -0.15) is 0 Å². The van der Waals surface area contributed by atoms with Gasteiger partial charge in [-0.25, -0.2) is 4.39 Å². The molecular formula is C17H28FN. The van der Waals surface area contributed by atoms with Crippen molar-refractivity contribution in [3.8, 4) is 0 Å². The Morgan fingerprint density at radius 1 is 1.05 bits per heavy atom. The Morgan fingerprint density at radius 3 is 2.16 bits per heavy atom. The molecule has 0 aliphatic rings. The predicted octanol–water partition coefficient (Wildman–Crippen LogP) is 5.00. The van der Waals surface area contributed by atoms with Gasteiger partial charge in [0.15, 0.2) is 0 Å². The van der Waals surface area contributed by atoms with Crippen LogP contribution in [-0.4, -0.2) is 6.54 Å². The highest BCUT2D eigenvalue weighted by Crippen LogP contribution is 2.30. The lowest BCUT2D eigenvalue weighted by atomic mass is 9.85. The number of benzene rings is 1.